The van der Waals surface area contributed by atoms with Crippen molar-refractivity contribution in [1.29, 1.82) is 0 Å². The summed E-state index contributed by atoms with van der Waals surface area (Å²) >= 11 is 0. The molecule has 0 aliphatic heterocycles. The van der Waals surface area contributed by atoms with Crippen LogP contribution in [0.2, 0.25) is 0 Å². The molecular formula is C16H20. The van der Waals surface area contributed by atoms with Crippen molar-refractivity contribution < 1.29 is 0 Å². The van der Waals surface area contributed by atoms with Crippen molar-refractivity contribution in [3.05, 3.63) is 47.6 Å². The molecular weight excluding hydrogens is 192 g/mol. The van der Waals surface area contributed by atoms with Gasteiger partial charge in [-0.1, -0.05) is 43.4 Å². The Labute approximate surface area is 98.4 Å². The van der Waals surface area contributed by atoms with Gasteiger partial charge in [0, 0.05) is 0 Å². The van der Waals surface area contributed by atoms with Crippen LogP contribution in [0.1, 0.15) is 39.0 Å². The summed E-state index contributed by atoms with van der Waals surface area (Å²) in [6.07, 6.45) is 15.9. The molecule has 0 unspecified atom stereocenters. The Balaban J connectivity index is 2.05. The molecule has 0 saturated heterocycles. The van der Waals surface area contributed by atoms with E-state index in [1.54, 1.807) is 5.57 Å². The first-order valence-corrected chi connectivity index (χ1v) is 6.45. The topological polar surface area (TPSA) is 0 Å². The van der Waals surface area contributed by atoms with E-state index in [4.69, 9.17) is 0 Å². The van der Waals surface area contributed by atoms with Crippen molar-refractivity contribution in [2.75, 3.05) is 0 Å². The zero-order chi connectivity index (χ0) is 11.2. The van der Waals surface area contributed by atoms with Crippen molar-refractivity contribution in [3.63, 3.8) is 0 Å². The third-order valence-electron chi connectivity index (χ3n) is 4.53. The van der Waals surface area contributed by atoms with Gasteiger partial charge in [-0.2, -0.15) is 0 Å². The fraction of sp³-hybridized carbons (Fsp3) is 0.500. The predicted molar refractivity (Wildman–Crippen MR) is 69.1 cm³/mol. The molecule has 0 nitrogen and oxygen atoms in total. The van der Waals surface area contributed by atoms with Gasteiger partial charge in [-0.25, -0.2) is 0 Å². The van der Waals surface area contributed by atoms with Crippen LogP contribution in [0.4, 0.5) is 0 Å². The molecule has 0 saturated carbocycles. The van der Waals surface area contributed by atoms with E-state index in [-0.39, 0.29) is 0 Å². The van der Waals surface area contributed by atoms with E-state index in [1.165, 1.54) is 43.3 Å². The second-order valence-electron chi connectivity index (χ2n) is 5.84. The highest BCUT2D eigenvalue weighted by atomic mass is 14.4. The van der Waals surface area contributed by atoms with Gasteiger partial charge in [-0.05, 0) is 54.6 Å². The van der Waals surface area contributed by atoms with Gasteiger partial charge in [0.05, 0.1) is 0 Å². The number of hydrogen-bond acceptors (Lipinski definition) is 0. The van der Waals surface area contributed by atoms with Gasteiger partial charge >= 0.3 is 0 Å². The molecule has 0 spiro atoms. The standard InChI is InChI=1S/C16H20/c1-12-6-7-13-11-16(2)8-4-3-5-15(16)10-14(13)9-12/h3,5,9-10,13H,1,4,6-8,11H2,2H3/t13-,16+/m0/s1. The summed E-state index contributed by atoms with van der Waals surface area (Å²) in [6.45, 7) is 6.55. The maximum absolute atomic E-state index is 4.10. The molecule has 0 aromatic carbocycles. The largest absolute Gasteiger partial charge is 0.0958 e. The van der Waals surface area contributed by atoms with Crippen molar-refractivity contribution >= 4 is 0 Å². The lowest BCUT2D eigenvalue weighted by molar-refractivity contribution is 0.270. The summed E-state index contributed by atoms with van der Waals surface area (Å²) in [4.78, 5) is 0. The molecule has 3 aliphatic carbocycles. The molecule has 84 valence electrons. The maximum atomic E-state index is 4.10. The molecule has 0 N–H and O–H groups in total. The second kappa shape index (κ2) is 3.48. The second-order valence-corrected chi connectivity index (χ2v) is 5.84. The molecule has 0 heteroatoms. The Kier molecular flexibility index (Phi) is 2.20. The summed E-state index contributed by atoms with van der Waals surface area (Å²) in [5, 5.41) is 0. The van der Waals surface area contributed by atoms with Crippen LogP contribution >= 0.6 is 0 Å². The fourth-order valence-electron chi connectivity index (χ4n) is 3.45. The molecule has 2 atom stereocenters. The van der Waals surface area contributed by atoms with E-state index in [0.29, 0.717) is 5.41 Å². The van der Waals surface area contributed by atoms with Gasteiger partial charge in [0.15, 0.2) is 0 Å². The van der Waals surface area contributed by atoms with E-state index in [9.17, 15) is 0 Å². The van der Waals surface area contributed by atoms with Crippen LogP contribution in [0.3, 0.4) is 0 Å². The SMILES string of the molecule is C=C1C=C2C=C3C=CCC[C@]3(C)C[C@@H]2CC1. The van der Waals surface area contributed by atoms with Crippen LogP contribution in [0.5, 0.6) is 0 Å². The van der Waals surface area contributed by atoms with Crippen molar-refractivity contribution in [3.8, 4) is 0 Å². The molecule has 0 aromatic rings. The van der Waals surface area contributed by atoms with E-state index in [2.05, 4.69) is 37.8 Å². The summed E-state index contributed by atoms with van der Waals surface area (Å²) < 4.78 is 0. The Morgan fingerprint density at radius 2 is 2.25 bits per heavy atom. The molecule has 0 aromatic heterocycles. The van der Waals surface area contributed by atoms with E-state index in [1.807, 2.05) is 0 Å². The van der Waals surface area contributed by atoms with Crippen molar-refractivity contribution in [2.24, 2.45) is 11.3 Å². The van der Waals surface area contributed by atoms with Crippen molar-refractivity contribution in [1.82, 2.24) is 0 Å². The summed E-state index contributed by atoms with van der Waals surface area (Å²) in [5.41, 5.74) is 4.85. The first-order chi connectivity index (χ1) is 7.67. The van der Waals surface area contributed by atoms with Crippen LogP contribution in [0.15, 0.2) is 47.6 Å². The number of hydrogen-bond donors (Lipinski definition) is 0. The lowest BCUT2D eigenvalue weighted by Crippen LogP contribution is -2.30. The molecule has 0 radical (unpaired) electrons. The minimum Gasteiger partial charge on any atom is -0.0958 e. The number of rotatable bonds is 0. The normalized spacial score (nSPS) is 37.3. The zero-order valence-corrected chi connectivity index (χ0v) is 10.1. The molecule has 0 bridgehead atoms. The third-order valence-corrected chi connectivity index (χ3v) is 4.53. The predicted octanol–water partition coefficient (Wildman–Crippen LogP) is 4.57. The fourth-order valence-corrected chi connectivity index (χ4v) is 3.45. The van der Waals surface area contributed by atoms with E-state index >= 15 is 0 Å². The Bertz CT molecular complexity index is 419. The van der Waals surface area contributed by atoms with E-state index in [0.717, 1.165) is 5.92 Å². The van der Waals surface area contributed by atoms with Gasteiger partial charge in [-0.15, -0.1) is 0 Å². The highest BCUT2D eigenvalue weighted by Crippen LogP contribution is 2.50. The first kappa shape index (κ1) is 10.1. The monoisotopic (exact) mass is 212 g/mol. The van der Waals surface area contributed by atoms with Gasteiger partial charge in [-0.3, -0.25) is 0 Å². The average molecular weight is 212 g/mol. The van der Waals surface area contributed by atoms with E-state index < -0.39 is 0 Å². The van der Waals surface area contributed by atoms with Crippen LogP contribution in [0, 0.1) is 11.3 Å². The number of fused-ring (bicyclic) bond motifs is 2. The molecule has 3 rings (SSSR count). The average Bonchev–Trinajstić information content (AvgIpc) is 2.26. The summed E-state index contributed by atoms with van der Waals surface area (Å²) in [7, 11) is 0. The Hall–Kier alpha value is -1.04. The summed E-state index contributed by atoms with van der Waals surface area (Å²) in [5.74, 6) is 0.797. The van der Waals surface area contributed by atoms with Gasteiger partial charge < -0.3 is 0 Å². The highest BCUT2D eigenvalue weighted by Gasteiger charge is 2.37. The maximum Gasteiger partial charge on any atom is -0.00665 e. The molecule has 0 amide bonds. The lowest BCUT2D eigenvalue weighted by atomic mass is 9.62. The molecule has 3 aliphatic rings. The number of allylic oxidation sites excluding steroid dienone is 7. The third kappa shape index (κ3) is 1.52. The Morgan fingerprint density at radius 3 is 3.12 bits per heavy atom. The smallest absolute Gasteiger partial charge is 0.00665 e. The molecule has 0 fully saturated rings. The van der Waals surface area contributed by atoms with Crippen LogP contribution in [0.25, 0.3) is 0 Å². The van der Waals surface area contributed by atoms with Gasteiger partial charge in [0.1, 0.15) is 0 Å². The summed E-state index contributed by atoms with van der Waals surface area (Å²) in [6, 6.07) is 0. The van der Waals surface area contributed by atoms with Crippen molar-refractivity contribution in [2.45, 2.75) is 39.0 Å². The molecule has 16 heavy (non-hydrogen) atoms. The first-order valence-electron chi connectivity index (χ1n) is 6.45. The minimum atomic E-state index is 0.454. The van der Waals surface area contributed by atoms with Crippen LogP contribution in [-0.2, 0) is 0 Å². The van der Waals surface area contributed by atoms with Crippen LogP contribution < -0.4 is 0 Å². The molecule has 0 heterocycles. The quantitative estimate of drug-likeness (QED) is 0.552. The van der Waals surface area contributed by atoms with Gasteiger partial charge in [0.2, 0.25) is 0 Å². The Morgan fingerprint density at radius 1 is 1.38 bits per heavy atom. The minimum absolute atomic E-state index is 0.454. The lowest BCUT2D eigenvalue weighted by Gasteiger charge is -2.42. The van der Waals surface area contributed by atoms with Crippen LogP contribution in [-0.4, -0.2) is 0 Å². The zero-order valence-electron chi connectivity index (χ0n) is 10.1. The highest BCUT2D eigenvalue weighted by molar-refractivity contribution is 5.45. The van der Waals surface area contributed by atoms with Gasteiger partial charge in [0.25, 0.3) is 0 Å².